The first kappa shape index (κ1) is 20.1. The molecule has 3 rings (SSSR count). The second kappa shape index (κ2) is 9.54. The van der Waals surface area contributed by atoms with Crippen LogP contribution in [0.4, 0.5) is 5.69 Å². The van der Waals surface area contributed by atoms with Crippen LogP contribution in [0.5, 0.6) is 0 Å². The molecule has 0 aliphatic rings. The molecule has 3 N–H and O–H groups in total. The Labute approximate surface area is 168 Å². The monoisotopic (exact) mass is 393 g/mol. The number of anilines is 1. The van der Waals surface area contributed by atoms with E-state index in [0.29, 0.717) is 24.2 Å². The van der Waals surface area contributed by atoms with E-state index in [0.717, 1.165) is 16.5 Å². The summed E-state index contributed by atoms with van der Waals surface area (Å²) in [5.41, 5.74) is 2.96. The lowest BCUT2D eigenvalue weighted by atomic mass is 10.1. The lowest BCUT2D eigenvalue weighted by Gasteiger charge is -2.08. The minimum atomic E-state index is -0.460. The van der Waals surface area contributed by atoms with E-state index in [2.05, 4.69) is 15.6 Å². The minimum Gasteiger partial charge on any atom is -0.456 e. The first-order chi connectivity index (χ1) is 14.1. The quantitative estimate of drug-likeness (QED) is 0.512. The first-order valence-corrected chi connectivity index (χ1v) is 9.45. The van der Waals surface area contributed by atoms with Gasteiger partial charge >= 0.3 is 5.97 Å². The Balaban J connectivity index is 1.46. The fourth-order valence-electron chi connectivity index (χ4n) is 2.99. The number of benzene rings is 2. The summed E-state index contributed by atoms with van der Waals surface area (Å²) in [6.07, 6.45) is 2.59. The highest BCUT2D eigenvalue weighted by Gasteiger charge is 2.11. The Bertz CT molecular complexity index is 1030. The van der Waals surface area contributed by atoms with Crippen molar-refractivity contribution in [1.29, 1.82) is 0 Å². The summed E-state index contributed by atoms with van der Waals surface area (Å²) < 4.78 is 5.06. The third kappa shape index (κ3) is 5.44. The number of nitrogens with one attached hydrogen (secondary N) is 3. The molecule has 3 aromatic rings. The molecule has 0 aliphatic carbocycles. The van der Waals surface area contributed by atoms with E-state index in [-0.39, 0.29) is 18.9 Å². The first-order valence-electron chi connectivity index (χ1n) is 9.45. The Hall–Kier alpha value is -3.61. The van der Waals surface area contributed by atoms with E-state index in [1.807, 2.05) is 37.4 Å². The molecule has 0 saturated heterocycles. The smallest absolute Gasteiger partial charge is 0.306 e. The third-order valence-electron chi connectivity index (χ3n) is 4.38. The highest BCUT2D eigenvalue weighted by molar-refractivity contribution is 5.97. The summed E-state index contributed by atoms with van der Waals surface area (Å²) in [4.78, 5) is 39.0. The van der Waals surface area contributed by atoms with Gasteiger partial charge in [0.1, 0.15) is 0 Å². The average Bonchev–Trinajstić information content (AvgIpc) is 3.14. The third-order valence-corrected chi connectivity index (χ3v) is 4.38. The predicted molar refractivity (Wildman–Crippen MR) is 111 cm³/mol. The summed E-state index contributed by atoms with van der Waals surface area (Å²) >= 11 is 0. The number of fused-ring (bicyclic) bond motifs is 1. The zero-order chi connectivity index (χ0) is 20.6. The maximum absolute atomic E-state index is 12.0. The molecule has 0 spiro atoms. The number of aromatic nitrogens is 1. The highest BCUT2D eigenvalue weighted by Crippen LogP contribution is 2.19. The van der Waals surface area contributed by atoms with Crippen molar-refractivity contribution in [2.75, 3.05) is 18.5 Å². The maximum Gasteiger partial charge on any atom is 0.306 e. The average molecular weight is 393 g/mol. The lowest BCUT2D eigenvalue weighted by Crippen LogP contribution is -2.23. The van der Waals surface area contributed by atoms with Crippen LogP contribution in [-0.4, -0.2) is 35.9 Å². The Morgan fingerprint density at radius 1 is 1.07 bits per heavy atom. The number of rotatable bonds is 8. The summed E-state index contributed by atoms with van der Waals surface area (Å²) in [5.74, 6) is -1.12. The van der Waals surface area contributed by atoms with Gasteiger partial charge < -0.3 is 20.4 Å². The number of hydrogen-bond donors (Lipinski definition) is 3. The van der Waals surface area contributed by atoms with Gasteiger partial charge in [0.15, 0.2) is 6.61 Å². The van der Waals surface area contributed by atoms with Crippen LogP contribution in [-0.2, 0) is 20.7 Å². The zero-order valence-electron chi connectivity index (χ0n) is 16.2. The van der Waals surface area contributed by atoms with E-state index >= 15 is 0 Å². The topological polar surface area (TPSA) is 100 Å². The summed E-state index contributed by atoms with van der Waals surface area (Å²) in [5, 5.41) is 6.40. The molecular weight excluding hydrogens is 370 g/mol. The molecule has 7 nitrogen and oxygen atoms in total. The van der Waals surface area contributed by atoms with Crippen LogP contribution in [0, 0.1) is 0 Å². The van der Waals surface area contributed by atoms with Gasteiger partial charge in [-0.25, -0.2) is 0 Å². The number of hydrogen-bond acceptors (Lipinski definition) is 4. The van der Waals surface area contributed by atoms with E-state index in [9.17, 15) is 14.4 Å². The molecular formula is C22H23N3O4. The van der Waals surface area contributed by atoms with Crippen molar-refractivity contribution in [2.24, 2.45) is 0 Å². The molecule has 1 heterocycles. The van der Waals surface area contributed by atoms with Crippen molar-refractivity contribution in [3.63, 3.8) is 0 Å². The predicted octanol–water partition coefficient (Wildman–Crippen LogP) is 3.03. The van der Waals surface area contributed by atoms with Crippen molar-refractivity contribution in [3.8, 4) is 0 Å². The number of H-pyrrole nitrogens is 1. The van der Waals surface area contributed by atoms with E-state index < -0.39 is 11.9 Å². The second-order valence-corrected chi connectivity index (χ2v) is 6.51. The maximum atomic E-state index is 12.0. The SMILES string of the molecule is CCNC(=O)c1cccc(NC(=O)COC(=O)CCc2c[nH]c3ccccc23)c1. The van der Waals surface area contributed by atoms with Crippen molar-refractivity contribution < 1.29 is 19.1 Å². The van der Waals surface area contributed by atoms with Crippen molar-refractivity contribution in [2.45, 2.75) is 19.8 Å². The van der Waals surface area contributed by atoms with Crippen LogP contribution in [0.25, 0.3) is 10.9 Å². The molecule has 7 heteroatoms. The van der Waals surface area contributed by atoms with Gasteiger partial charge in [-0.1, -0.05) is 24.3 Å². The van der Waals surface area contributed by atoms with Gasteiger partial charge in [-0.3, -0.25) is 14.4 Å². The van der Waals surface area contributed by atoms with Crippen molar-refractivity contribution in [1.82, 2.24) is 10.3 Å². The standard InChI is InChI=1S/C22H23N3O4/c1-2-23-22(28)15-6-5-7-17(12-15)25-20(26)14-29-21(27)11-10-16-13-24-19-9-4-3-8-18(16)19/h3-9,12-13,24H,2,10-11,14H2,1H3,(H,23,28)(H,25,26). The Kier molecular flexibility index (Phi) is 6.63. The number of ether oxygens (including phenoxy) is 1. The summed E-state index contributed by atoms with van der Waals surface area (Å²) in [6, 6.07) is 14.4. The van der Waals surface area contributed by atoms with Crippen LogP contribution in [0.1, 0.15) is 29.3 Å². The fourth-order valence-corrected chi connectivity index (χ4v) is 2.99. The molecule has 0 fully saturated rings. The van der Waals surface area contributed by atoms with Crippen molar-refractivity contribution in [3.05, 3.63) is 65.9 Å². The van der Waals surface area contributed by atoms with Gasteiger partial charge in [-0.05, 0) is 43.2 Å². The molecule has 29 heavy (non-hydrogen) atoms. The molecule has 0 radical (unpaired) electrons. The number of amides is 2. The highest BCUT2D eigenvalue weighted by atomic mass is 16.5. The van der Waals surface area contributed by atoms with Crippen LogP contribution in [0.15, 0.2) is 54.7 Å². The Morgan fingerprint density at radius 2 is 1.90 bits per heavy atom. The number of carbonyl (C=O) groups is 3. The molecule has 0 atom stereocenters. The Morgan fingerprint density at radius 3 is 2.72 bits per heavy atom. The fraction of sp³-hybridized carbons (Fsp3) is 0.227. The normalized spacial score (nSPS) is 10.5. The number of aryl methyl sites for hydroxylation is 1. The molecule has 0 bridgehead atoms. The van der Waals surface area contributed by atoms with E-state index in [1.54, 1.807) is 24.3 Å². The molecule has 2 amide bonds. The van der Waals surface area contributed by atoms with Crippen LogP contribution < -0.4 is 10.6 Å². The molecule has 0 unspecified atom stereocenters. The lowest BCUT2D eigenvalue weighted by molar-refractivity contribution is -0.147. The van der Waals surface area contributed by atoms with Gasteiger partial charge in [-0.15, -0.1) is 0 Å². The number of esters is 1. The summed E-state index contributed by atoms with van der Waals surface area (Å²) in [6.45, 7) is 1.97. The van der Waals surface area contributed by atoms with Gasteiger partial charge in [0.2, 0.25) is 0 Å². The van der Waals surface area contributed by atoms with E-state index in [1.165, 1.54) is 0 Å². The van der Waals surface area contributed by atoms with E-state index in [4.69, 9.17) is 4.74 Å². The number of carbonyl (C=O) groups excluding carboxylic acids is 3. The van der Waals surface area contributed by atoms with Gasteiger partial charge in [-0.2, -0.15) is 0 Å². The second-order valence-electron chi connectivity index (χ2n) is 6.51. The number of para-hydroxylation sites is 1. The molecule has 0 aliphatic heterocycles. The zero-order valence-corrected chi connectivity index (χ0v) is 16.2. The number of aromatic amines is 1. The van der Waals surface area contributed by atoms with Gasteiger partial charge in [0.05, 0.1) is 0 Å². The molecule has 150 valence electrons. The van der Waals surface area contributed by atoms with Crippen LogP contribution in [0.3, 0.4) is 0 Å². The molecule has 0 saturated carbocycles. The summed E-state index contributed by atoms with van der Waals surface area (Å²) in [7, 11) is 0. The van der Waals surface area contributed by atoms with Crippen LogP contribution >= 0.6 is 0 Å². The van der Waals surface area contributed by atoms with Crippen molar-refractivity contribution >= 4 is 34.4 Å². The largest absolute Gasteiger partial charge is 0.456 e. The van der Waals surface area contributed by atoms with Gasteiger partial charge in [0, 0.05) is 41.3 Å². The molecule has 1 aromatic heterocycles. The van der Waals surface area contributed by atoms with Gasteiger partial charge in [0.25, 0.3) is 11.8 Å². The van der Waals surface area contributed by atoms with Crippen LogP contribution in [0.2, 0.25) is 0 Å². The molecule has 2 aromatic carbocycles. The minimum absolute atomic E-state index is 0.182.